The predicted molar refractivity (Wildman–Crippen MR) is 107 cm³/mol. The van der Waals surface area contributed by atoms with Gasteiger partial charge >= 0.3 is 5.97 Å². The zero-order chi connectivity index (χ0) is 22.3. The fourth-order valence-electron chi connectivity index (χ4n) is 2.91. The third kappa shape index (κ3) is 3.64. The average Bonchev–Trinajstić information content (AvgIpc) is 3.04. The smallest absolute Gasteiger partial charge is 0.357 e. The summed E-state index contributed by atoms with van der Waals surface area (Å²) in [5.74, 6) is -1.27. The number of ether oxygens (including phenoxy) is 1. The summed E-state index contributed by atoms with van der Waals surface area (Å²) in [6.07, 6.45) is 0. The van der Waals surface area contributed by atoms with Crippen molar-refractivity contribution in [2.45, 2.75) is 16.7 Å². The van der Waals surface area contributed by atoms with E-state index in [1.807, 2.05) is 0 Å². The molecule has 3 rings (SSSR count). The fourth-order valence-corrected chi connectivity index (χ4v) is 5.80. The van der Waals surface area contributed by atoms with Crippen LogP contribution in [0.3, 0.4) is 0 Å². The van der Waals surface area contributed by atoms with Crippen LogP contribution in [0.5, 0.6) is 0 Å². The maximum atomic E-state index is 13.3. The number of nitro benzene ring substituents is 1. The molecule has 13 heteroatoms. The first-order valence-electron chi connectivity index (χ1n) is 8.25. The van der Waals surface area contributed by atoms with E-state index in [1.165, 1.54) is 31.2 Å². The summed E-state index contributed by atoms with van der Waals surface area (Å²) in [5.41, 5.74) is -1.67. The number of aromatic nitrogens is 1. The highest BCUT2D eigenvalue weighted by Gasteiger charge is 2.37. The molecule has 0 aliphatic rings. The number of fused-ring (bicyclic) bond motifs is 1. The Morgan fingerprint density at radius 3 is 2.30 bits per heavy atom. The zero-order valence-corrected chi connectivity index (χ0v) is 17.6. The van der Waals surface area contributed by atoms with Crippen LogP contribution in [0, 0.1) is 10.1 Å². The minimum absolute atomic E-state index is 0.187. The normalized spacial score (nSPS) is 12.1. The molecule has 30 heavy (non-hydrogen) atoms. The lowest BCUT2D eigenvalue weighted by molar-refractivity contribution is -0.384. The van der Waals surface area contributed by atoms with E-state index in [9.17, 15) is 31.7 Å². The van der Waals surface area contributed by atoms with Crippen LogP contribution >= 0.6 is 10.7 Å². The molecule has 2 aromatic carbocycles. The van der Waals surface area contributed by atoms with E-state index in [0.717, 1.165) is 18.2 Å². The lowest BCUT2D eigenvalue weighted by atomic mass is 10.2. The standard InChI is InChI=1S/C17H13ClN2O8S2/c1-2-28-17(21)15-16(29(18,24)25)13-10-11(20(22)23)8-9-14(13)19(15)30(26,27)12-6-4-3-5-7-12/h3-10H,2H2,1H3. The summed E-state index contributed by atoms with van der Waals surface area (Å²) >= 11 is 0. The van der Waals surface area contributed by atoms with Gasteiger partial charge in [0.15, 0.2) is 5.69 Å². The van der Waals surface area contributed by atoms with Crippen LogP contribution in [0.1, 0.15) is 17.4 Å². The molecule has 0 saturated carbocycles. The average molecular weight is 473 g/mol. The van der Waals surface area contributed by atoms with Crippen molar-refractivity contribution in [1.82, 2.24) is 3.97 Å². The number of nitrogens with zero attached hydrogens (tertiary/aromatic N) is 2. The van der Waals surface area contributed by atoms with Gasteiger partial charge in [0, 0.05) is 28.2 Å². The first kappa shape index (κ1) is 21.7. The quantitative estimate of drug-likeness (QED) is 0.230. The lowest BCUT2D eigenvalue weighted by Crippen LogP contribution is -2.21. The molecular weight excluding hydrogens is 460 g/mol. The first-order chi connectivity index (χ1) is 14.0. The Labute approximate surface area is 175 Å². The summed E-state index contributed by atoms with van der Waals surface area (Å²) in [6.45, 7) is 1.25. The Balaban J connectivity index is 2.57. The van der Waals surface area contributed by atoms with Gasteiger partial charge in [0.25, 0.3) is 24.8 Å². The summed E-state index contributed by atoms with van der Waals surface area (Å²) in [5, 5.41) is 10.8. The molecule has 0 atom stereocenters. The van der Waals surface area contributed by atoms with E-state index in [1.54, 1.807) is 6.07 Å². The van der Waals surface area contributed by atoms with Crippen LogP contribution in [-0.2, 0) is 23.8 Å². The van der Waals surface area contributed by atoms with Gasteiger partial charge in [-0.15, -0.1) is 0 Å². The van der Waals surface area contributed by atoms with Gasteiger partial charge in [-0.2, -0.15) is 0 Å². The Hall–Kier alpha value is -2.96. The minimum atomic E-state index is -4.72. The SMILES string of the molecule is CCOC(=O)c1c(S(=O)(=O)Cl)c2cc([N+](=O)[O-])ccc2n1S(=O)(=O)c1ccccc1. The van der Waals surface area contributed by atoms with Crippen LogP contribution in [0.15, 0.2) is 58.3 Å². The number of hydrogen-bond acceptors (Lipinski definition) is 8. The van der Waals surface area contributed by atoms with Gasteiger partial charge in [-0.05, 0) is 25.1 Å². The highest BCUT2D eigenvalue weighted by Crippen LogP contribution is 2.37. The van der Waals surface area contributed by atoms with Gasteiger partial charge in [-0.3, -0.25) is 10.1 Å². The maximum Gasteiger partial charge on any atom is 0.357 e. The maximum absolute atomic E-state index is 13.3. The van der Waals surface area contributed by atoms with Crippen LogP contribution in [-0.4, -0.2) is 38.3 Å². The molecule has 0 fully saturated rings. The van der Waals surface area contributed by atoms with Crippen molar-refractivity contribution >= 4 is 52.3 Å². The fraction of sp³-hybridized carbons (Fsp3) is 0.118. The van der Waals surface area contributed by atoms with E-state index >= 15 is 0 Å². The van der Waals surface area contributed by atoms with Gasteiger partial charge in [-0.25, -0.2) is 25.6 Å². The first-order valence-corrected chi connectivity index (χ1v) is 12.0. The predicted octanol–water partition coefficient (Wildman–Crippen LogP) is 2.89. The monoisotopic (exact) mass is 472 g/mol. The highest BCUT2D eigenvalue weighted by molar-refractivity contribution is 8.14. The topological polar surface area (TPSA) is 143 Å². The number of nitro groups is 1. The molecule has 0 saturated heterocycles. The van der Waals surface area contributed by atoms with Crippen LogP contribution in [0.4, 0.5) is 5.69 Å². The van der Waals surface area contributed by atoms with Crippen molar-refractivity contribution < 1.29 is 31.3 Å². The van der Waals surface area contributed by atoms with E-state index in [-0.39, 0.29) is 17.0 Å². The molecule has 0 N–H and O–H groups in total. The lowest BCUT2D eigenvalue weighted by Gasteiger charge is -2.11. The second-order valence-electron chi connectivity index (χ2n) is 5.88. The van der Waals surface area contributed by atoms with Crippen LogP contribution in [0.2, 0.25) is 0 Å². The van der Waals surface area contributed by atoms with E-state index in [0.29, 0.717) is 3.97 Å². The number of halogens is 1. The molecule has 158 valence electrons. The van der Waals surface area contributed by atoms with Gasteiger partial charge in [0.05, 0.1) is 21.9 Å². The minimum Gasteiger partial charge on any atom is -0.461 e. The van der Waals surface area contributed by atoms with Crippen LogP contribution < -0.4 is 0 Å². The molecule has 1 aromatic heterocycles. The van der Waals surface area contributed by atoms with Crippen molar-refractivity contribution in [3.63, 3.8) is 0 Å². The Morgan fingerprint density at radius 2 is 1.77 bits per heavy atom. The van der Waals surface area contributed by atoms with Crippen molar-refractivity contribution in [2.24, 2.45) is 0 Å². The molecule has 10 nitrogen and oxygen atoms in total. The molecule has 3 aromatic rings. The Bertz CT molecular complexity index is 1380. The van der Waals surface area contributed by atoms with Crippen molar-refractivity contribution in [1.29, 1.82) is 0 Å². The molecule has 0 radical (unpaired) electrons. The number of non-ortho nitro benzene ring substituents is 1. The second kappa shape index (κ2) is 7.70. The van der Waals surface area contributed by atoms with Gasteiger partial charge in [-0.1, -0.05) is 18.2 Å². The highest BCUT2D eigenvalue weighted by atomic mass is 35.7. The van der Waals surface area contributed by atoms with Gasteiger partial charge in [0.2, 0.25) is 0 Å². The van der Waals surface area contributed by atoms with E-state index < -0.39 is 51.6 Å². The molecule has 0 unspecified atom stereocenters. The Kier molecular flexibility index (Phi) is 5.58. The third-order valence-corrected chi connectivity index (χ3v) is 7.16. The number of carbonyl (C=O) groups is 1. The van der Waals surface area contributed by atoms with Crippen molar-refractivity contribution in [2.75, 3.05) is 6.61 Å². The van der Waals surface area contributed by atoms with Crippen LogP contribution in [0.25, 0.3) is 10.9 Å². The van der Waals surface area contributed by atoms with Gasteiger partial charge in [0.1, 0.15) is 4.90 Å². The van der Waals surface area contributed by atoms with E-state index in [4.69, 9.17) is 15.4 Å². The number of hydrogen-bond donors (Lipinski definition) is 0. The number of rotatable bonds is 6. The molecule has 0 aliphatic carbocycles. The Morgan fingerprint density at radius 1 is 1.13 bits per heavy atom. The second-order valence-corrected chi connectivity index (χ2v) is 10.2. The molecular formula is C17H13ClN2O8S2. The summed E-state index contributed by atoms with van der Waals surface area (Å²) in [7, 11) is -3.72. The molecule has 1 heterocycles. The molecule has 0 bridgehead atoms. The summed E-state index contributed by atoms with van der Waals surface area (Å²) in [6, 6.07) is 9.79. The zero-order valence-electron chi connectivity index (χ0n) is 15.2. The molecule has 0 spiro atoms. The molecule has 0 aliphatic heterocycles. The third-order valence-electron chi connectivity index (χ3n) is 4.07. The van der Waals surface area contributed by atoms with E-state index in [2.05, 4.69) is 0 Å². The molecule has 0 amide bonds. The number of carbonyl (C=O) groups excluding carboxylic acids is 1. The summed E-state index contributed by atoms with van der Waals surface area (Å²) in [4.78, 5) is 21.9. The van der Waals surface area contributed by atoms with Crippen molar-refractivity contribution in [3.8, 4) is 0 Å². The number of esters is 1. The van der Waals surface area contributed by atoms with Crippen molar-refractivity contribution in [3.05, 3.63) is 64.3 Å². The van der Waals surface area contributed by atoms with Gasteiger partial charge < -0.3 is 4.74 Å². The largest absolute Gasteiger partial charge is 0.461 e. The number of benzene rings is 2. The summed E-state index contributed by atoms with van der Waals surface area (Å²) < 4.78 is 56.6.